The van der Waals surface area contributed by atoms with Crippen LogP contribution in [-0.4, -0.2) is 67.4 Å². The number of nitrogens with one attached hydrogen (secondary N) is 1. The average Bonchev–Trinajstić information content (AvgIpc) is 3.20. The highest BCUT2D eigenvalue weighted by Gasteiger charge is 2.69. The number of aromatic nitrogens is 5. The molecular formula is C22H25F2N7O4S. The van der Waals surface area contributed by atoms with Gasteiger partial charge in [-0.05, 0) is 37.8 Å². The van der Waals surface area contributed by atoms with Crippen molar-refractivity contribution in [2.45, 2.75) is 54.8 Å². The lowest BCUT2D eigenvalue weighted by molar-refractivity contribution is 0.0394. The summed E-state index contributed by atoms with van der Waals surface area (Å²) in [6, 6.07) is 2.48. The number of anilines is 1. The van der Waals surface area contributed by atoms with E-state index in [4.69, 9.17) is 0 Å². The van der Waals surface area contributed by atoms with Crippen LogP contribution in [0.4, 0.5) is 14.7 Å². The molecule has 4 heterocycles. The molecule has 3 aliphatic rings. The maximum atomic E-state index is 13.6. The summed E-state index contributed by atoms with van der Waals surface area (Å²) in [6.45, 7) is 0.574. The molecule has 2 aliphatic carbocycles. The summed E-state index contributed by atoms with van der Waals surface area (Å²) in [6.07, 6.45) is 1.39. The molecule has 0 spiro atoms. The standard InChI is InChI=1S/C22H25F2N7O4S/c1-29-5-4-17(28-29)36(34,35)30-6-2-13(3-7-30)26-21-25-11-12-8-14(18(23)24)20(33)31(19(12)27-21)22-9-15(22)16(32)10-22/h4-5,8,11,13,15-16,18,32H,2-3,6-7,9-10H2,1H3,(H,25,26,27)/t15?,16-,22?/m1/s1. The third kappa shape index (κ3) is 3.53. The summed E-state index contributed by atoms with van der Waals surface area (Å²) < 4.78 is 57.0. The van der Waals surface area contributed by atoms with Crippen molar-refractivity contribution in [3.05, 3.63) is 40.4 Å². The third-order valence-electron chi connectivity index (χ3n) is 7.66. The first-order valence-electron chi connectivity index (χ1n) is 11.8. The van der Waals surface area contributed by atoms with Crippen molar-refractivity contribution < 1.29 is 22.3 Å². The lowest BCUT2D eigenvalue weighted by Gasteiger charge is -2.34. The second-order valence-corrected chi connectivity index (χ2v) is 11.7. The number of sulfonamides is 1. The van der Waals surface area contributed by atoms with Gasteiger partial charge in [0, 0.05) is 49.9 Å². The number of alkyl halides is 2. The van der Waals surface area contributed by atoms with Crippen molar-refractivity contribution >= 4 is 27.0 Å². The summed E-state index contributed by atoms with van der Waals surface area (Å²) >= 11 is 0. The minimum atomic E-state index is -3.68. The molecule has 14 heteroatoms. The van der Waals surface area contributed by atoms with Gasteiger partial charge in [-0.2, -0.15) is 14.4 Å². The fourth-order valence-corrected chi connectivity index (χ4v) is 7.01. The molecular weight excluding hydrogens is 496 g/mol. The SMILES string of the molecule is Cn1ccc(S(=O)(=O)N2CCC(Nc3ncc4cc(C(F)F)c(=O)n(C56CC5[C@H](O)C6)c4n3)CC2)n1. The van der Waals surface area contributed by atoms with Crippen LogP contribution in [0.3, 0.4) is 0 Å². The molecule has 3 fully saturated rings. The number of aliphatic hydroxyl groups excluding tert-OH is 1. The first-order chi connectivity index (χ1) is 17.1. The molecule has 2 unspecified atom stereocenters. The summed E-state index contributed by atoms with van der Waals surface area (Å²) in [5.41, 5.74) is -1.80. The first kappa shape index (κ1) is 23.4. The Bertz CT molecular complexity index is 1520. The molecule has 0 radical (unpaired) electrons. The van der Waals surface area contributed by atoms with Crippen molar-refractivity contribution in [2.24, 2.45) is 13.0 Å². The van der Waals surface area contributed by atoms with Gasteiger partial charge in [0.15, 0.2) is 5.03 Å². The lowest BCUT2D eigenvalue weighted by Crippen LogP contribution is -2.45. The molecule has 2 N–H and O–H groups in total. The van der Waals surface area contributed by atoms with Crippen LogP contribution in [-0.2, 0) is 22.6 Å². The van der Waals surface area contributed by atoms with E-state index in [2.05, 4.69) is 20.4 Å². The van der Waals surface area contributed by atoms with Crippen LogP contribution in [0.2, 0.25) is 0 Å². The van der Waals surface area contributed by atoms with Gasteiger partial charge in [0.2, 0.25) is 5.95 Å². The van der Waals surface area contributed by atoms with E-state index in [1.807, 2.05) is 0 Å². The molecule has 3 atom stereocenters. The highest BCUT2D eigenvalue weighted by molar-refractivity contribution is 7.89. The van der Waals surface area contributed by atoms with Gasteiger partial charge in [0.25, 0.3) is 22.0 Å². The predicted octanol–water partition coefficient (Wildman–Crippen LogP) is 1.21. The van der Waals surface area contributed by atoms with E-state index in [0.717, 1.165) is 6.07 Å². The Labute approximate surface area is 204 Å². The molecule has 192 valence electrons. The zero-order chi connectivity index (χ0) is 25.4. The fourth-order valence-electron chi connectivity index (χ4n) is 5.59. The van der Waals surface area contributed by atoms with Gasteiger partial charge in [-0.25, -0.2) is 22.2 Å². The minimum Gasteiger partial charge on any atom is -0.393 e. The number of aliphatic hydroxyl groups is 1. The number of rotatable bonds is 6. The van der Waals surface area contributed by atoms with Crippen LogP contribution in [0.25, 0.3) is 11.0 Å². The first-order valence-corrected chi connectivity index (χ1v) is 13.2. The van der Waals surface area contributed by atoms with Gasteiger partial charge < -0.3 is 10.4 Å². The number of hydrogen-bond donors (Lipinski definition) is 2. The molecule has 3 aromatic rings. The molecule has 11 nitrogen and oxygen atoms in total. The number of piperidine rings is 1. The molecule has 0 bridgehead atoms. The molecule has 36 heavy (non-hydrogen) atoms. The van der Waals surface area contributed by atoms with Gasteiger partial charge in [-0.15, -0.1) is 0 Å². The van der Waals surface area contributed by atoms with Gasteiger partial charge in [0.05, 0.1) is 17.2 Å². The Morgan fingerprint density at radius 3 is 2.58 bits per heavy atom. The maximum absolute atomic E-state index is 13.6. The zero-order valence-electron chi connectivity index (χ0n) is 19.4. The highest BCUT2D eigenvalue weighted by atomic mass is 32.2. The topological polar surface area (TPSA) is 135 Å². The van der Waals surface area contributed by atoms with E-state index in [1.54, 1.807) is 13.2 Å². The van der Waals surface area contributed by atoms with Gasteiger partial charge in [-0.1, -0.05) is 0 Å². The second kappa shape index (κ2) is 8.02. The van der Waals surface area contributed by atoms with Crippen LogP contribution in [0, 0.1) is 5.92 Å². The number of nitrogens with zero attached hydrogens (tertiary/aromatic N) is 6. The predicted molar refractivity (Wildman–Crippen MR) is 124 cm³/mol. The average molecular weight is 522 g/mol. The lowest BCUT2D eigenvalue weighted by atomic mass is 9.88. The van der Waals surface area contributed by atoms with Crippen molar-refractivity contribution in [3.63, 3.8) is 0 Å². The van der Waals surface area contributed by atoms with E-state index >= 15 is 0 Å². The Hall–Kier alpha value is -2.97. The Morgan fingerprint density at radius 2 is 2.00 bits per heavy atom. The highest BCUT2D eigenvalue weighted by Crippen LogP contribution is 2.65. The van der Waals surface area contributed by atoms with E-state index in [0.29, 0.717) is 31.1 Å². The largest absolute Gasteiger partial charge is 0.393 e. The van der Waals surface area contributed by atoms with Crippen molar-refractivity contribution in [3.8, 4) is 0 Å². The van der Waals surface area contributed by atoms with E-state index < -0.39 is 39.2 Å². The van der Waals surface area contributed by atoms with Crippen LogP contribution >= 0.6 is 0 Å². The molecule has 2 saturated carbocycles. The molecule has 1 saturated heterocycles. The van der Waals surface area contributed by atoms with Crippen LogP contribution in [0.15, 0.2) is 34.3 Å². The van der Waals surface area contributed by atoms with E-state index in [1.165, 1.54) is 25.8 Å². The van der Waals surface area contributed by atoms with E-state index in [-0.39, 0.29) is 41.7 Å². The van der Waals surface area contributed by atoms with Crippen molar-refractivity contribution in [2.75, 3.05) is 18.4 Å². The summed E-state index contributed by atoms with van der Waals surface area (Å²) in [5.74, 6) is 0.100. The zero-order valence-corrected chi connectivity index (χ0v) is 20.2. The van der Waals surface area contributed by atoms with Crippen LogP contribution < -0.4 is 10.9 Å². The van der Waals surface area contributed by atoms with Gasteiger partial charge >= 0.3 is 0 Å². The van der Waals surface area contributed by atoms with Crippen LogP contribution in [0.5, 0.6) is 0 Å². The van der Waals surface area contributed by atoms with Crippen LogP contribution in [0.1, 0.15) is 37.7 Å². The summed E-state index contributed by atoms with van der Waals surface area (Å²) in [7, 11) is -2.02. The van der Waals surface area contributed by atoms with Crippen molar-refractivity contribution in [1.82, 2.24) is 28.6 Å². The number of pyridine rings is 1. The third-order valence-corrected chi connectivity index (χ3v) is 9.45. The number of fused-ring (bicyclic) bond motifs is 2. The smallest absolute Gasteiger partial charge is 0.269 e. The number of hydrogen-bond acceptors (Lipinski definition) is 8. The molecule has 0 aromatic carbocycles. The molecule has 6 rings (SSSR count). The molecule has 3 aromatic heterocycles. The quantitative estimate of drug-likeness (QED) is 0.494. The maximum Gasteiger partial charge on any atom is 0.269 e. The summed E-state index contributed by atoms with van der Waals surface area (Å²) in [5, 5.41) is 17.5. The summed E-state index contributed by atoms with van der Waals surface area (Å²) in [4.78, 5) is 21.8. The molecule has 0 amide bonds. The monoisotopic (exact) mass is 521 g/mol. The van der Waals surface area contributed by atoms with Gasteiger partial charge in [-0.3, -0.25) is 14.0 Å². The van der Waals surface area contributed by atoms with E-state index in [9.17, 15) is 27.1 Å². The fraction of sp³-hybridized carbons (Fsp3) is 0.545. The van der Waals surface area contributed by atoms with Crippen molar-refractivity contribution in [1.29, 1.82) is 0 Å². The number of halogens is 2. The normalized spacial score (nSPS) is 26.7. The van der Waals surface area contributed by atoms with Gasteiger partial charge in [0.1, 0.15) is 5.65 Å². The minimum absolute atomic E-state index is 0.00859. The second-order valence-electron chi connectivity index (χ2n) is 9.85. The Balaban J connectivity index is 1.24. The molecule has 1 aliphatic heterocycles. The Kier molecular flexibility index (Phi) is 5.22. The Morgan fingerprint density at radius 1 is 1.25 bits per heavy atom. The number of aryl methyl sites for hydroxylation is 1.